The van der Waals surface area contributed by atoms with Crippen molar-refractivity contribution in [1.82, 2.24) is 4.90 Å². The summed E-state index contributed by atoms with van der Waals surface area (Å²) in [5.41, 5.74) is 1.66. The molecule has 1 N–H and O–H groups in total. The zero-order chi connectivity index (χ0) is 13.5. The second-order valence-corrected chi connectivity index (χ2v) is 4.18. The molecule has 0 aliphatic heterocycles. The van der Waals surface area contributed by atoms with Gasteiger partial charge >= 0.3 is 0 Å². The van der Waals surface area contributed by atoms with Crippen LogP contribution in [0.3, 0.4) is 0 Å². The van der Waals surface area contributed by atoms with Gasteiger partial charge < -0.3 is 9.84 Å². The summed E-state index contributed by atoms with van der Waals surface area (Å²) in [6.07, 6.45) is 0. The standard InChI is InChI=1S/C14H21NO3/c1-4-15(7-8-16)10-13-9-12(11(2)17)5-6-14(13)18-3/h5-6,9,16H,4,7-8,10H2,1-3H3. The van der Waals surface area contributed by atoms with Crippen LogP contribution in [-0.4, -0.2) is 42.6 Å². The first-order chi connectivity index (χ1) is 8.62. The van der Waals surface area contributed by atoms with Crippen molar-refractivity contribution in [2.45, 2.75) is 20.4 Å². The van der Waals surface area contributed by atoms with Crippen molar-refractivity contribution < 1.29 is 14.6 Å². The van der Waals surface area contributed by atoms with E-state index in [1.54, 1.807) is 20.1 Å². The molecule has 0 bridgehead atoms. The summed E-state index contributed by atoms with van der Waals surface area (Å²) in [5.74, 6) is 0.820. The highest BCUT2D eigenvalue weighted by Gasteiger charge is 2.10. The molecule has 0 saturated heterocycles. The molecule has 1 rings (SSSR count). The number of hydrogen-bond acceptors (Lipinski definition) is 4. The minimum atomic E-state index is 0.0455. The number of carbonyl (C=O) groups is 1. The van der Waals surface area contributed by atoms with E-state index in [2.05, 4.69) is 4.90 Å². The van der Waals surface area contributed by atoms with Gasteiger partial charge in [0, 0.05) is 24.2 Å². The van der Waals surface area contributed by atoms with Crippen LogP contribution < -0.4 is 4.74 Å². The second-order valence-electron chi connectivity index (χ2n) is 4.18. The fourth-order valence-electron chi connectivity index (χ4n) is 1.85. The summed E-state index contributed by atoms with van der Waals surface area (Å²) >= 11 is 0. The number of Topliss-reactive ketones (excluding diaryl/α,β-unsaturated/α-hetero) is 1. The lowest BCUT2D eigenvalue weighted by Crippen LogP contribution is -2.26. The Kier molecular flexibility index (Phi) is 5.82. The van der Waals surface area contributed by atoms with Gasteiger partial charge in [0.05, 0.1) is 13.7 Å². The molecule has 1 aromatic rings. The summed E-state index contributed by atoms with van der Waals surface area (Å²) in [4.78, 5) is 13.5. The molecule has 0 aliphatic rings. The Morgan fingerprint density at radius 2 is 2.17 bits per heavy atom. The maximum absolute atomic E-state index is 11.4. The van der Waals surface area contributed by atoms with E-state index >= 15 is 0 Å². The molecule has 0 heterocycles. The van der Waals surface area contributed by atoms with E-state index in [0.717, 1.165) is 17.9 Å². The van der Waals surface area contributed by atoms with E-state index in [1.165, 1.54) is 0 Å². The summed E-state index contributed by atoms with van der Waals surface area (Å²) in [7, 11) is 1.62. The van der Waals surface area contributed by atoms with Crippen molar-refractivity contribution in [2.75, 3.05) is 26.8 Å². The smallest absolute Gasteiger partial charge is 0.159 e. The number of ketones is 1. The highest BCUT2D eigenvalue weighted by molar-refractivity contribution is 5.94. The van der Waals surface area contributed by atoms with Crippen molar-refractivity contribution in [1.29, 1.82) is 0 Å². The molecule has 0 fully saturated rings. The van der Waals surface area contributed by atoms with E-state index in [0.29, 0.717) is 18.7 Å². The predicted octanol–water partition coefficient (Wildman–Crippen LogP) is 1.71. The van der Waals surface area contributed by atoms with E-state index in [-0.39, 0.29) is 12.4 Å². The molecular formula is C14H21NO3. The number of aliphatic hydroxyl groups excluding tert-OH is 1. The summed E-state index contributed by atoms with van der Waals surface area (Å²) < 4.78 is 5.30. The number of likely N-dealkylation sites (N-methyl/N-ethyl adjacent to an activating group) is 1. The van der Waals surface area contributed by atoms with Gasteiger partial charge in [-0.15, -0.1) is 0 Å². The molecule has 0 saturated carbocycles. The minimum Gasteiger partial charge on any atom is -0.496 e. The summed E-state index contributed by atoms with van der Waals surface area (Å²) in [6, 6.07) is 5.45. The Morgan fingerprint density at radius 3 is 2.67 bits per heavy atom. The number of nitrogens with zero attached hydrogens (tertiary/aromatic N) is 1. The maximum Gasteiger partial charge on any atom is 0.159 e. The molecular weight excluding hydrogens is 230 g/mol. The van der Waals surface area contributed by atoms with Crippen molar-refractivity contribution in [3.63, 3.8) is 0 Å². The van der Waals surface area contributed by atoms with Crippen molar-refractivity contribution >= 4 is 5.78 Å². The third-order valence-electron chi connectivity index (χ3n) is 2.94. The Morgan fingerprint density at radius 1 is 1.44 bits per heavy atom. The zero-order valence-corrected chi connectivity index (χ0v) is 11.3. The summed E-state index contributed by atoms with van der Waals surface area (Å²) in [5, 5.41) is 8.99. The molecule has 100 valence electrons. The predicted molar refractivity (Wildman–Crippen MR) is 71.0 cm³/mol. The molecule has 0 aromatic heterocycles. The van der Waals surface area contributed by atoms with Crippen LogP contribution >= 0.6 is 0 Å². The number of ether oxygens (including phenoxy) is 1. The van der Waals surface area contributed by atoms with E-state index < -0.39 is 0 Å². The van der Waals surface area contributed by atoms with Gasteiger partial charge in [-0.2, -0.15) is 0 Å². The monoisotopic (exact) mass is 251 g/mol. The van der Waals surface area contributed by atoms with Crippen molar-refractivity contribution in [3.05, 3.63) is 29.3 Å². The van der Waals surface area contributed by atoms with Gasteiger partial charge in [0.2, 0.25) is 0 Å². The Balaban J connectivity index is 2.96. The fraction of sp³-hybridized carbons (Fsp3) is 0.500. The molecule has 0 spiro atoms. The summed E-state index contributed by atoms with van der Waals surface area (Å²) in [6.45, 7) is 5.84. The average molecular weight is 251 g/mol. The highest BCUT2D eigenvalue weighted by atomic mass is 16.5. The molecule has 1 aromatic carbocycles. The van der Waals surface area contributed by atoms with E-state index in [1.807, 2.05) is 19.1 Å². The van der Waals surface area contributed by atoms with Crippen LogP contribution in [0.4, 0.5) is 0 Å². The van der Waals surface area contributed by atoms with Crippen LogP contribution in [0.5, 0.6) is 5.75 Å². The molecule has 0 radical (unpaired) electrons. The SMILES string of the molecule is CCN(CCO)Cc1cc(C(C)=O)ccc1OC. The van der Waals surface area contributed by atoms with Crippen LogP contribution in [0.25, 0.3) is 0 Å². The largest absolute Gasteiger partial charge is 0.496 e. The molecule has 0 aliphatic carbocycles. The van der Waals surface area contributed by atoms with Gasteiger partial charge in [0.15, 0.2) is 5.78 Å². The number of rotatable bonds is 7. The zero-order valence-electron chi connectivity index (χ0n) is 11.3. The Bertz CT molecular complexity index is 404. The van der Waals surface area contributed by atoms with Gasteiger partial charge in [-0.3, -0.25) is 9.69 Å². The third-order valence-corrected chi connectivity index (χ3v) is 2.94. The average Bonchev–Trinajstić information content (AvgIpc) is 2.37. The molecule has 0 atom stereocenters. The molecule has 0 amide bonds. The van der Waals surface area contributed by atoms with Crippen LogP contribution in [0.1, 0.15) is 29.8 Å². The number of methoxy groups -OCH3 is 1. The lowest BCUT2D eigenvalue weighted by Gasteiger charge is -2.20. The lowest BCUT2D eigenvalue weighted by molar-refractivity contribution is 0.101. The Hall–Kier alpha value is -1.39. The molecule has 18 heavy (non-hydrogen) atoms. The minimum absolute atomic E-state index is 0.0455. The van der Waals surface area contributed by atoms with Crippen molar-refractivity contribution in [2.24, 2.45) is 0 Å². The van der Waals surface area contributed by atoms with Crippen LogP contribution in [-0.2, 0) is 6.54 Å². The van der Waals surface area contributed by atoms with E-state index in [9.17, 15) is 4.79 Å². The van der Waals surface area contributed by atoms with Gasteiger partial charge in [-0.05, 0) is 31.7 Å². The second kappa shape index (κ2) is 7.13. The van der Waals surface area contributed by atoms with Gasteiger partial charge in [-0.1, -0.05) is 6.92 Å². The highest BCUT2D eigenvalue weighted by Crippen LogP contribution is 2.21. The molecule has 0 unspecified atom stereocenters. The normalized spacial score (nSPS) is 10.7. The number of hydrogen-bond donors (Lipinski definition) is 1. The quantitative estimate of drug-likeness (QED) is 0.750. The molecule has 4 heteroatoms. The molecule has 4 nitrogen and oxygen atoms in total. The first-order valence-electron chi connectivity index (χ1n) is 6.13. The van der Waals surface area contributed by atoms with Crippen LogP contribution in [0.15, 0.2) is 18.2 Å². The van der Waals surface area contributed by atoms with E-state index in [4.69, 9.17) is 9.84 Å². The Labute approximate surface area is 108 Å². The fourth-order valence-corrected chi connectivity index (χ4v) is 1.85. The third kappa shape index (κ3) is 3.82. The number of aliphatic hydroxyl groups is 1. The number of carbonyl (C=O) groups excluding carboxylic acids is 1. The maximum atomic E-state index is 11.4. The van der Waals surface area contributed by atoms with Crippen molar-refractivity contribution in [3.8, 4) is 5.75 Å². The first-order valence-corrected chi connectivity index (χ1v) is 6.13. The lowest BCUT2D eigenvalue weighted by atomic mass is 10.1. The van der Waals surface area contributed by atoms with Gasteiger partial charge in [0.1, 0.15) is 5.75 Å². The first kappa shape index (κ1) is 14.7. The van der Waals surface area contributed by atoms with Crippen LogP contribution in [0.2, 0.25) is 0 Å². The van der Waals surface area contributed by atoms with Crippen LogP contribution in [0, 0.1) is 0 Å². The van der Waals surface area contributed by atoms with Gasteiger partial charge in [0.25, 0.3) is 0 Å². The topological polar surface area (TPSA) is 49.8 Å². The van der Waals surface area contributed by atoms with Gasteiger partial charge in [-0.25, -0.2) is 0 Å². The number of benzene rings is 1.